The summed E-state index contributed by atoms with van der Waals surface area (Å²) in [6.07, 6.45) is 1.57. The molecule has 10 heteroatoms. The number of rotatable bonds is 7. The van der Waals surface area contributed by atoms with Gasteiger partial charge in [0.15, 0.2) is 11.5 Å². The van der Waals surface area contributed by atoms with Crippen molar-refractivity contribution >= 4 is 23.3 Å². The van der Waals surface area contributed by atoms with Crippen molar-refractivity contribution in [3.63, 3.8) is 0 Å². The lowest BCUT2D eigenvalue weighted by Crippen LogP contribution is -1.98. The van der Waals surface area contributed by atoms with Crippen LogP contribution in [0, 0.1) is 20.2 Å². The van der Waals surface area contributed by atoms with Gasteiger partial charge in [-0.25, -0.2) is 0 Å². The molecule has 1 aliphatic carbocycles. The molecule has 37 heavy (non-hydrogen) atoms. The molecule has 0 bridgehead atoms. The number of nitro groups is 2. The maximum atomic E-state index is 11.4. The van der Waals surface area contributed by atoms with Gasteiger partial charge in [0, 0.05) is 17.2 Å². The first-order valence-electron chi connectivity index (χ1n) is 11.0. The molecule has 0 spiro atoms. The summed E-state index contributed by atoms with van der Waals surface area (Å²) in [5, 5.41) is 31.2. The van der Waals surface area contributed by atoms with Gasteiger partial charge in [0.05, 0.1) is 29.2 Å². The van der Waals surface area contributed by atoms with E-state index in [-0.39, 0.29) is 11.5 Å². The van der Waals surface area contributed by atoms with Gasteiger partial charge < -0.3 is 9.47 Å². The molecule has 0 N–H and O–H groups in total. The van der Waals surface area contributed by atoms with Gasteiger partial charge in [0.2, 0.25) is 5.75 Å². The number of nitrogens with zero attached hydrogens (tertiary/aromatic N) is 4. The van der Waals surface area contributed by atoms with Gasteiger partial charge in [-0.3, -0.25) is 20.2 Å². The van der Waals surface area contributed by atoms with E-state index in [1.807, 2.05) is 36.4 Å². The Morgan fingerprint density at radius 1 is 0.730 bits per heavy atom. The molecule has 0 saturated heterocycles. The number of benzene rings is 4. The van der Waals surface area contributed by atoms with Crippen LogP contribution in [-0.2, 0) is 0 Å². The van der Waals surface area contributed by atoms with Crippen molar-refractivity contribution in [3.8, 4) is 28.4 Å². The van der Waals surface area contributed by atoms with Gasteiger partial charge in [-0.1, -0.05) is 48.5 Å². The van der Waals surface area contributed by atoms with Crippen LogP contribution in [-0.4, -0.2) is 28.9 Å². The molecule has 0 aliphatic heterocycles. The summed E-state index contributed by atoms with van der Waals surface area (Å²) in [5.41, 5.74) is 4.72. The number of fused-ring (bicyclic) bond motifs is 3. The zero-order valence-corrected chi connectivity index (χ0v) is 19.4. The Morgan fingerprint density at radius 2 is 1.35 bits per heavy atom. The Bertz CT molecular complexity index is 1570. The minimum absolute atomic E-state index is 0.153. The highest BCUT2D eigenvalue weighted by molar-refractivity contribution is 6.24. The third-order valence-corrected chi connectivity index (χ3v) is 5.78. The molecule has 0 radical (unpaired) electrons. The van der Waals surface area contributed by atoms with E-state index in [4.69, 9.17) is 9.47 Å². The van der Waals surface area contributed by atoms with Crippen LogP contribution < -0.4 is 9.47 Å². The van der Waals surface area contributed by atoms with E-state index in [0.29, 0.717) is 11.3 Å². The van der Waals surface area contributed by atoms with Crippen LogP contribution in [0.5, 0.6) is 17.2 Å². The first kappa shape index (κ1) is 23.4. The van der Waals surface area contributed by atoms with E-state index >= 15 is 0 Å². The number of hydrogen-bond donors (Lipinski definition) is 0. The predicted molar refractivity (Wildman–Crippen MR) is 138 cm³/mol. The van der Waals surface area contributed by atoms with Crippen LogP contribution in [0.1, 0.15) is 16.7 Å². The van der Waals surface area contributed by atoms with Crippen LogP contribution in [0.4, 0.5) is 11.4 Å². The second-order valence-corrected chi connectivity index (χ2v) is 7.96. The predicted octanol–water partition coefficient (Wildman–Crippen LogP) is 6.16. The minimum Gasteiger partial charge on any atom is -0.493 e. The molecule has 4 aromatic rings. The average Bonchev–Trinajstić information content (AvgIpc) is 3.23. The maximum Gasteiger partial charge on any atom is 0.318 e. The molecule has 0 amide bonds. The lowest BCUT2D eigenvalue weighted by atomic mass is 10.1. The van der Waals surface area contributed by atoms with Crippen LogP contribution in [0.25, 0.3) is 11.1 Å². The SMILES string of the molecule is COc1cc(/C=N\N=C2c3ccccc3-c3ccccc32)ccc1Oc1ccc([N+](=O)[O-])cc1[N+](=O)[O-]. The smallest absolute Gasteiger partial charge is 0.318 e. The summed E-state index contributed by atoms with van der Waals surface area (Å²) in [4.78, 5) is 20.9. The zero-order valence-electron chi connectivity index (χ0n) is 19.4. The largest absolute Gasteiger partial charge is 0.493 e. The van der Waals surface area contributed by atoms with E-state index < -0.39 is 21.2 Å². The summed E-state index contributed by atoms with van der Waals surface area (Å²) in [5.74, 6) is 0.336. The van der Waals surface area contributed by atoms with Gasteiger partial charge in [0.25, 0.3) is 5.69 Å². The molecule has 10 nitrogen and oxygen atoms in total. The monoisotopic (exact) mass is 494 g/mol. The zero-order chi connectivity index (χ0) is 25.9. The summed E-state index contributed by atoms with van der Waals surface area (Å²) in [6.45, 7) is 0. The molecule has 0 fully saturated rings. The van der Waals surface area contributed by atoms with Crippen molar-refractivity contribution in [2.24, 2.45) is 10.2 Å². The van der Waals surface area contributed by atoms with E-state index in [1.54, 1.807) is 24.4 Å². The molecular formula is C27H18N4O6. The molecular weight excluding hydrogens is 476 g/mol. The number of ether oxygens (including phenoxy) is 2. The lowest BCUT2D eigenvalue weighted by Gasteiger charge is -2.11. The molecule has 0 saturated carbocycles. The summed E-state index contributed by atoms with van der Waals surface area (Å²) < 4.78 is 11.1. The summed E-state index contributed by atoms with van der Waals surface area (Å²) in [7, 11) is 1.43. The summed E-state index contributed by atoms with van der Waals surface area (Å²) >= 11 is 0. The standard InChI is InChI=1S/C27H18N4O6/c1-36-26-14-17(10-12-25(26)37-24-13-11-18(30(32)33)15-23(24)31(34)35)16-28-29-27-21-8-4-2-6-19(21)20-7-3-5-9-22(20)27/h2-16H,1H3/b28-16-. The van der Waals surface area contributed by atoms with Gasteiger partial charge in [-0.2, -0.15) is 5.10 Å². The third kappa shape index (κ3) is 4.50. The molecule has 1 aliphatic rings. The first-order chi connectivity index (χ1) is 18.0. The van der Waals surface area contributed by atoms with Crippen molar-refractivity contribution in [1.82, 2.24) is 0 Å². The van der Waals surface area contributed by atoms with Crippen molar-refractivity contribution in [3.05, 3.63) is 122 Å². The minimum atomic E-state index is -0.742. The van der Waals surface area contributed by atoms with E-state index in [0.717, 1.165) is 40.1 Å². The topological polar surface area (TPSA) is 129 Å². The highest BCUT2D eigenvalue weighted by Gasteiger charge is 2.24. The van der Waals surface area contributed by atoms with Crippen molar-refractivity contribution in [2.45, 2.75) is 0 Å². The van der Waals surface area contributed by atoms with Gasteiger partial charge in [0.1, 0.15) is 5.71 Å². The Balaban J connectivity index is 1.42. The molecule has 0 unspecified atom stereocenters. The number of non-ortho nitro benzene ring substituents is 1. The lowest BCUT2D eigenvalue weighted by molar-refractivity contribution is -0.394. The highest BCUT2D eigenvalue weighted by atomic mass is 16.6. The quantitative estimate of drug-likeness (QED) is 0.151. The van der Waals surface area contributed by atoms with Crippen molar-refractivity contribution < 1.29 is 19.3 Å². The molecule has 0 aromatic heterocycles. The van der Waals surface area contributed by atoms with Gasteiger partial charge >= 0.3 is 5.69 Å². The first-order valence-corrected chi connectivity index (χ1v) is 11.0. The van der Waals surface area contributed by atoms with Crippen molar-refractivity contribution in [1.29, 1.82) is 0 Å². The molecule has 182 valence electrons. The van der Waals surface area contributed by atoms with E-state index in [9.17, 15) is 20.2 Å². The van der Waals surface area contributed by atoms with Crippen LogP contribution in [0.3, 0.4) is 0 Å². The average molecular weight is 494 g/mol. The maximum absolute atomic E-state index is 11.4. The molecule has 5 rings (SSSR count). The number of nitro benzene ring substituents is 2. The Hall–Kier alpha value is -5.38. The fraction of sp³-hybridized carbons (Fsp3) is 0.0370. The summed E-state index contributed by atoms with van der Waals surface area (Å²) in [6, 6.07) is 24.1. The van der Waals surface area contributed by atoms with Gasteiger partial charge in [-0.15, -0.1) is 5.10 Å². The normalized spacial score (nSPS) is 11.6. The molecule has 0 atom stereocenters. The van der Waals surface area contributed by atoms with Crippen LogP contribution in [0.2, 0.25) is 0 Å². The van der Waals surface area contributed by atoms with Crippen LogP contribution >= 0.6 is 0 Å². The number of methoxy groups -OCH3 is 1. The Kier molecular flexibility index (Phi) is 6.13. The fourth-order valence-corrected chi connectivity index (χ4v) is 4.07. The number of hydrogen-bond acceptors (Lipinski definition) is 8. The van der Waals surface area contributed by atoms with E-state index in [1.165, 1.54) is 13.2 Å². The van der Waals surface area contributed by atoms with Gasteiger partial charge in [-0.05, 0) is 41.0 Å². The molecule has 4 aromatic carbocycles. The molecule has 0 heterocycles. The third-order valence-electron chi connectivity index (χ3n) is 5.78. The fourth-order valence-electron chi connectivity index (χ4n) is 4.07. The van der Waals surface area contributed by atoms with Crippen LogP contribution in [0.15, 0.2) is 95.1 Å². The van der Waals surface area contributed by atoms with E-state index in [2.05, 4.69) is 22.3 Å². The highest BCUT2D eigenvalue weighted by Crippen LogP contribution is 2.39. The Morgan fingerprint density at radius 3 is 1.95 bits per heavy atom. The second-order valence-electron chi connectivity index (χ2n) is 7.96. The van der Waals surface area contributed by atoms with Crippen molar-refractivity contribution in [2.75, 3.05) is 7.11 Å². The Labute approximate surface area is 210 Å². The second kappa shape index (κ2) is 9.70.